The largest absolute Gasteiger partial charge is 0.294 e. The molecule has 1 heteroatoms. The van der Waals surface area contributed by atoms with Gasteiger partial charge in [0.1, 0.15) is 0 Å². The molecule has 24 heavy (non-hydrogen) atoms. The highest BCUT2D eigenvalue weighted by atomic mass is 15.3. The van der Waals surface area contributed by atoms with E-state index in [1.54, 1.807) is 0 Å². The quantitative estimate of drug-likeness (QED) is 0.568. The number of nitrogens with zero attached hydrogens (tertiary/aromatic N) is 1. The van der Waals surface area contributed by atoms with Crippen molar-refractivity contribution in [2.75, 3.05) is 6.54 Å². The molecule has 0 N–H and O–H groups in total. The molecule has 3 rings (SSSR count). The smallest absolute Gasteiger partial charge is 0.0162 e. The maximum atomic E-state index is 3.05. The second-order valence-electron chi connectivity index (χ2n) is 10.9. The van der Waals surface area contributed by atoms with E-state index in [0.717, 1.165) is 29.7 Å². The van der Waals surface area contributed by atoms with E-state index < -0.39 is 0 Å². The van der Waals surface area contributed by atoms with Crippen LogP contribution >= 0.6 is 0 Å². The molecule has 0 aromatic heterocycles. The van der Waals surface area contributed by atoms with Crippen LogP contribution in [0.3, 0.4) is 0 Å². The molecule has 0 aromatic carbocycles. The van der Waals surface area contributed by atoms with Gasteiger partial charge in [0.25, 0.3) is 0 Å². The summed E-state index contributed by atoms with van der Waals surface area (Å²) in [5.74, 6) is 3.47. The van der Waals surface area contributed by atoms with Crippen molar-refractivity contribution in [2.24, 2.45) is 29.1 Å². The van der Waals surface area contributed by atoms with Gasteiger partial charge in [0.2, 0.25) is 0 Å². The average Bonchev–Trinajstić information content (AvgIpc) is 2.77. The Kier molecular flexibility index (Phi) is 5.41. The lowest BCUT2D eigenvalue weighted by molar-refractivity contribution is -0.0209. The van der Waals surface area contributed by atoms with Gasteiger partial charge in [-0.05, 0) is 75.0 Å². The van der Waals surface area contributed by atoms with Crippen LogP contribution in [0.4, 0.5) is 0 Å². The Labute approximate surface area is 152 Å². The molecular weight excluding hydrogens is 290 g/mol. The van der Waals surface area contributed by atoms with Gasteiger partial charge in [0, 0.05) is 18.1 Å². The van der Waals surface area contributed by atoms with Gasteiger partial charge < -0.3 is 0 Å². The summed E-state index contributed by atoms with van der Waals surface area (Å²) < 4.78 is 0. The first kappa shape index (κ1) is 18.7. The normalized spacial score (nSPS) is 36.8. The molecule has 0 amide bonds. The van der Waals surface area contributed by atoms with Crippen molar-refractivity contribution in [3.63, 3.8) is 0 Å². The zero-order valence-corrected chi connectivity index (χ0v) is 17.4. The van der Waals surface area contributed by atoms with Gasteiger partial charge in [-0.3, -0.25) is 4.90 Å². The molecule has 140 valence electrons. The monoisotopic (exact) mass is 333 g/mol. The zero-order chi connectivity index (χ0) is 17.5. The Bertz CT molecular complexity index is 400. The predicted octanol–water partition coefficient (Wildman–Crippen LogP) is 6.52. The molecule has 2 aliphatic carbocycles. The van der Waals surface area contributed by atoms with Crippen LogP contribution in [0, 0.1) is 29.1 Å². The summed E-state index contributed by atoms with van der Waals surface area (Å²) in [5, 5.41) is 0. The highest BCUT2D eigenvalue weighted by Gasteiger charge is 2.53. The summed E-state index contributed by atoms with van der Waals surface area (Å²) in [4.78, 5) is 3.05. The minimum absolute atomic E-state index is 0.402. The highest BCUT2D eigenvalue weighted by molar-refractivity contribution is 5.07. The Hall–Kier alpha value is -0.0400. The lowest BCUT2D eigenvalue weighted by atomic mass is 9.67. The number of hydrogen-bond acceptors (Lipinski definition) is 1. The van der Waals surface area contributed by atoms with Crippen molar-refractivity contribution in [3.05, 3.63) is 0 Å². The average molecular weight is 334 g/mol. The lowest BCUT2D eigenvalue weighted by Crippen LogP contribution is -2.56. The molecule has 1 aliphatic heterocycles. The second kappa shape index (κ2) is 6.93. The van der Waals surface area contributed by atoms with Crippen LogP contribution in [0.1, 0.15) is 99.3 Å². The first-order chi connectivity index (χ1) is 11.3. The van der Waals surface area contributed by atoms with E-state index >= 15 is 0 Å². The van der Waals surface area contributed by atoms with E-state index in [2.05, 4.69) is 46.4 Å². The fraction of sp³-hybridized carbons (Fsp3) is 1.00. The van der Waals surface area contributed by atoms with Crippen molar-refractivity contribution in [1.29, 1.82) is 0 Å². The van der Waals surface area contributed by atoms with E-state index in [1.165, 1.54) is 64.3 Å². The predicted molar refractivity (Wildman–Crippen MR) is 105 cm³/mol. The molecule has 1 heterocycles. The maximum absolute atomic E-state index is 3.05. The minimum atomic E-state index is 0.402. The summed E-state index contributed by atoms with van der Waals surface area (Å²) in [6.45, 7) is 16.5. The van der Waals surface area contributed by atoms with Gasteiger partial charge in [-0.2, -0.15) is 0 Å². The molecule has 2 unspecified atom stereocenters. The van der Waals surface area contributed by atoms with Crippen LogP contribution in [-0.4, -0.2) is 23.0 Å². The second-order valence-corrected chi connectivity index (χ2v) is 10.9. The first-order valence-electron chi connectivity index (χ1n) is 11.0. The van der Waals surface area contributed by atoms with Crippen LogP contribution in [-0.2, 0) is 0 Å². The van der Waals surface area contributed by atoms with Gasteiger partial charge in [-0.15, -0.1) is 0 Å². The van der Waals surface area contributed by atoms with Gasteiger partial charge in [-0.25, -0.2) is 0 Å². The van der Waals surface area contributed by atoms with Crippen LogP contribution in [0.2, 0.25) is 0 Å². The van der Waals surface area contributed by atoms with Crippen molar-refractivity contribution < 1.29 is 0 Å². The Balaban J connectivity index is 1.89. The van der Waals surface area contributed by atoms with E-state index in [1.807, 2.05) is 0 Å². The molecule has 1 spiro atoms. The molecular formula is C23H43N. The molecule has 3 aliphatic rings. The summed E-state index contributed by atoms with van der Waals surface area (Å²) in [6.07, 6.45) is 13.3. The van der Waals surface area contributed by atoms with Crippen LogP contribution in [0.15, 0.2) is 0 Å². The maximum Gasteiger partial charge on any atom is 0.0162 e. The first-order valence-corrected chi connectivity index (χ1v) is 11.0. The molecule has 2 saturated carbocycles. The highest BCUT2D eigenvalue weighted by Crippen LogP contribution is 2.54. The molecule has 0 bridgehead atoms. The minimum Gasteiger partial charge on any atom is -0.294 e. The summed E-state index contributed by atoms with van der Waals surface area (Å²) >= 11 is 0. The summed E-state index contributed by atoms with van der Waals surface area (Å²) in [7, 11) is 0. The van der Waals surface area contributed by atoms with Gasteiger partial charge in [0.15, 0.2) is 0 Å². The molecule has 3 fully saturated rings. The van der Waals surface area contributed by atoms with Crippen LogP contribution in [0.5, 0.6) is 0 Å². The fourth-order valence-corrected chi connectivity index (χ4v) is 6.96. The van der Waals surface area contributed by atoms with E-state index in [9.17, 15) is 0 Å². The fourth-order valence-electron chi connectivity index (χ4n) is 6.96. The summed E-state index contributed by atoms with van der Waals surface area (Å²) in [6, 6.07) is 0.829. The Morgan fingerprint density at radius 3 is 1.83 bits per heavy atom. The number of rotatable bonds is 3. The summed E-state index contributed by atoms with van der Waals surface area (Å²) in [5.41, 5.74) is 1.06. The van der Waals surface area contributed by atoms with Gasteiger partial charge in [-0.1, -0.05) is 53.4 Å². The zero-order valence-electron chi connectivity index (χ0n) is 17.4. The van der Waals surface area contributed by atoms with E-state index in [4.69, 9.17) is 0 Å². The number of likely N-dealkylation sites (tertiary alicyclic amines) is 1. The molecule has 0 aromatic rings. The van der Waals surface area contributed by atoms with Crippen LogP contribution in [0.25, 0.3) is 0 Å². The van der Waals surface area contributed by atoms with Crippen molar-refractivity contribution >= 4 is 0 Å². The Morgan fingerprint density at radius 2 is 1.33 bits per heavy atom. The third kappa shape index (κ3) is 3.44. The third-order valence-corrected chi connectivity index (χ3v) is 8.03. The molecule has 1 nitrogen and oxygen atoms in total. The van der Waals surface area contributed by atoms with Crippen molar-refractivity contribution in [3.8, 4) is 0 Å². The van der Waals surface area contributed by atoms with E-state index in [-0.39, 0.29) is 0 Å². The van der Waals surface area contributed by atoms with Gasteiger partial charge >= 0.3 is 0 Å². The van der Waals surface area contributed by atoms with Gasteiger partial charge in [0.05, 0.1) is 0 Å². The number of hydrogen-bond donors (Lipinski definition) is 0. The molecule has 0 radical (unpaired) electrons. The van der Waals surface area contributed by atoms with E-state index in [0.29, 0.717) is 11.0 Å². The molecule has 3 atom stereocenters. The SMILES string of the molecule is CC(C)C1CCC[C@@H](C(C)C)C1N1CC2(CCCCC2)CC1(C)C. The van der Waals surface area contributed by atoms with Crippen molar-refractivity contribution in [2.45, 2.75) is 111 Å². The standard InChI is InChI=1S/C23H43N/c1-17(2)19-11-10-12-20(18(3)4)21(19)24-16-23(15-22(24,5)6)13-8-7-9-14-23/h17-21H,7-16H2,1-6H3/t19-,20?,21?/m0/s1. The van der Waals surface area contributed by atoms with Crippen molar-refractivity contribution in [1.82, 2.24) is 4.90 Å². The topological polar surface area (TPSA) is 3.24 Å². The van der Waals surface area contributed by atoms with Crippen LogP contribution < -0.4 is 0 Å². The third-order valence-electron chi connectivity index (χ3n) is 8.03. The lowest BCUT2D eigenvalue weighted by Gasteiger charge is -2.51. The molecule has 1 saturated heterocycles. The Morgan fingerprint density at radius 1 is 0.792 bits per heavy atom.